The summed E-state index contributed by atoms with van der Waals surface area (Å²) in [6, 6.07) is 2.68. The van der Waals surface area contributed by atoms with E-state index in [4.69, 9.17) is 0 Å². The molecular formula is C28H41N3O. The quantitative estimate of drug-likeness (QED) is 0.439. The molecule has 8 saturated carbocycles. The van der Waals surface area contributed by atoms with Crippen LogP contribution in [0.3, 0.4) is 0 Å². The maximum Gasteiger partial charge on any atom is 0.263 e. The van der Waals surface area contributed by atoms with Crippen LogP contribution in [0.2, 0.25) is 0 Å². The monoisotopic (exact) mass is 435 g/mol. The van der Waals surface area contributed by atoms with E-state index in [1.54, 1.807) is 6.20 Å². The van der Waals surface area contributed by atoms with Crippen molar-refractivity contribution in [3.8, 4) is 6.07 Å². The van der Waals surface area contributed by atoms with Crippen LogP contribution in [0.4, 0.5) is 0 Å². The van der Waals surface area contributed by atoms with Gasteiger partial charge in [-0.3, -0.25) is 4.79 Å². The molecule has 174 valence electrons. The number of nitrogens with zero attached hydrogens (tertiary/aromatic N) is 1. The summed E-state index contributed by atoms with van der Waals surface area (Å²) in [5.41, 5.74) is 0.887. The summed E-state index contributed by atoms with van der Waals surface area (Å²) in [7, 11) is 0. The number of carbonyl (C=O) groups excluding carboxylic acids is 1. The van der Waals surface area contributed by atoms with Crippen molar-refractivity contribution in [3.05, 3.63) is 11.8 Å². The zero-order valence-corrected chi connectivity index (χ0v) is 20.0. The van der Waals surface area contributed by atoms with Crippen LogP contribution in [0.15, 0.2) is 11.8 Å². The predicted octanol–water partition coefficient (Wildman–Crippen LogP) is 5.31. The molecule has 0 radical (unpaired) electrons. The first-order chi connectivity index (χ1) is 15.4. The van der Waals surface area contributed by atoms with Gasteiger partial charge in [0, 0.05) is 18.3 Å². The van der Waals surface area contributed by atoms with Gasteiger partial charge in [-0.15, -0.1) is 0 Å². The topological polar surface area (TPSA) is 64.9 Å². The van der Waals surface area contributed by atoms with Crippen LogP contribution in [0, 0.1) is 57.7 Å². The van der Waals surface area contributed by atoms with E-state index in [9.17, 15) is 10.1 Å². The third kappa shape index (κ3) is 3.41. The molecule has 4 heteroatoms. The Labute approximate surface area is 194 Å². The standard InChI is InChI=1S/C28H41N3O/c1-17(27-9-19-3-20(10-27)5-21(4-19)11-27)30-16-25(15-29)26(32)31-18(2)28-12-22-6-23(13-28)8-24(7-22)14-28/h16-24,30H,3-14H2,1-2H3,(H,31,32)/b25-16-. The molecule has 1 amide bonds. The van der Waals surface area contributed by atoms with E-state index in [1.807, 2.05) is 0 Å². The van der Waals surface area contributed by atoms with Crippen LogP contribution in [0.1, 0.15) is 90.9 Å². The van der Waals surface area contributed by atoms with Gasteiger partial charge in [0.15, 0.2) is 0 Å². The van der Waals surface area contributed by atoms with Gasteiger partial charge in [0.1, 0.15) is 11.6 Å². The first-order valence-electron chi connectivity index (χ1n) is 13.5. The highest BCUT2D eigenvalue weighted by Gasteiger charge is 2.54. The molecule has 0 aromatic rings. The summed E-state index contributed by atoms with van der Waals surface area (Å²) in [6.07, 6.45) is 18.1. The molecule has 8 aliphatic carbocycles. The fraction of sp³-hybridized carbons (Fsp3) is 0.857. The lowest BCUT2D eigenvalue weighted by atomic mass is 9.48. The molecule has 0 spiro atoms. The predicted molar refractivity (Wildman–Crippen MR) is 125 cm³/mol. The Morgan fingerprint density at radius 1 is 0.781 bits per heavy atom. The van der Waals surface area contributed by atoms with E-state index in [0.717, 1.165) is 35.5 Å². The molecule has 0 heterocycles. The van der Waals surface area contributed by atoms with Crippen LogP contribution < -0.4 is 10.6 Å². The van der Waals surface area contributed by atoms with Gasteiger partial charge in [-0.25, -0.2) is 0 Å². The maximum atomic E-state index is 13.1. The average Bonchev–Trinajstić information content (AvgIpc) is 2.72. The lowest BCUT2D eigenvalue weighted by Gasteiger charge is -2.59. The number of carbonyl (C=O) groups is 1. The summed E-state index contributed by atoms with van der Waals surface area (Å²) < 4.78 is 0. The van der Waals surface area contributed by atoms with Crippen molar-refractivity contribution in [2.75, 3.05) is 0 Å². The van der Waals surface area contributed by atoms with Crippen molar-refractivity contribution in [1.29, 1.82) is 5.26 Å². The first-order valence-corrected chi connectivity index (χ1v) is 13.5. The second kappa shape index (κ2) is 7.51. The summed E-state index contributed by atoms with van der Waals surface area (Å²) in [6.45, 7) is 4.49. The Kier molecular flexibility index (Phi) is 4.94. The van der Waals surface area contributed by atoms with E-state index in [1.165, 1.54) is 77.0 Å². The van der Waals surface area contributed by atoms with Crippen molar-refractivity contribution in [2.24, 2.45) is 46.3 Å². The van der Waals surface area contributed by atoms with Gasteiger partial charge < -0.3 is 10.6 Å². The van der Waals surface area contributed by atoms with Gasteiger partial charge in [-0.05, 0) is 137 Å². The third-order valence-electron chi connectivity index (χ3n) is 11.2. The molecule has 8 aliphatic rings. The lowest BCUT2D eigenvalue weighted by Crippen LogP contribution is -2.56. The highest BCUT2D eigenvalue weighted by atomic mass is 16.1. The third-order valence-corrected chi connectivity index (χ3v) is 11.2. The second-order valence-electron chi connectivity index (χ2n) is 13.3. The Bertz CT molecular complexity index is 781. The second-order valence-corrected chi connectivity index (χ2v) is 13.3. The molecule has 2 atom stereocenters. The fourth-order valence-corrected chi connectivity index (χ4v) is 10.4. The summed E-state index contributed by atoms with van der Waals surface area (Å²) in [5, 5.41) is 16.6. The van der Waals surface area contributed by atoms with E-state index in [2.05, 4.69) is 30.6 Å². The van der Waals surface area contributed by atoms with Gasteiger partial charge in [0.2, 0.25) is 0 Å². The molecule has 0 saturated heterocycles. The Hall–Kier alpha value is -1.50. The molecule has 0 aromatic heterocycles. The van der Waals surface area contributed by atoms with Crippen LogP contribution >= 0.6 is 0 Å². The first kappa shape index (κ1) is 21.1. The van der Waals surface area contributed by atoms with Gasteiger partial charge in [0.25, 0.3) is 5.91 Å². The van der Waals surface area contributed by atoms with Crippen molar-refractivity contribution < 1.29 is 4.79 Å². The van der Waals surface area contributed by atoms with Crippen LogP contribution in [0.5, 0.6) is 0 Å². The molecule has 2 unspecified atom stereocenters. The number of rotatable bonds is 6. The van der Waals surface area contributed by atoms with Gasteiger partial charge in [-0.2, -0.15) is 5.26 Å². The minimum absolute atomic E-state index is 0.153. The largest absolute Gasteiger partial charge is 0.387 e. The summed E-state index contributed by atoms with van der Waals surface area (Å²) >= 11 is 0. The smallest absolute Gasteiger partial charge is 0.263 e. The Morgan fingerprint density at radius 2 is 1.16 bits per heavy atom. The zero-order valence-electron chi connectivity index (χ0n) is 20.0. The summed E-state index contributed by atoms with van der Waals surface area (Å²) in [5.74, 6) is 5.16. The van der Waals surface area contributed by atoms with E-state index >= 15 is 0 Å². The normalized spacial score (nSPS) is 47.7. The molecule has 8 bridgehead atoms. The SMILES string of the molecule is CC(N/C=C(/C#N)C(=O)NC(C)C12CC3CC(CC(C3)C1)C2)C12CC3CC(CC(C3)C1)C2. The molecule has 4 nitrogen and oxygen atoms in total. The van der Waals surface area contributed by atoms with E-state index < -0.39 is 0 Å². The van der Waals surface area contributed by atoms with Crippen LogP contribution in [0.25, 0.3) is 0 Å². The highest BCUT2D eigenvalue weighted by molar-refractivity contribution is 5.97. The average molecular weight is 436 g/mol. The number of nitrogens with one attached hydrogen (secondary N) is 2. The Balaban J connectivity index is 1.11. The molecule has 0 aromatic carbocycles. The number of amides is 1. The van der Waals surface area contributed by atoms with E-state index in [-0.39, 0.29) is 22.9 Å². The van der Waals surface area contributed by atoms with Gasteiger partial charge in [-0.1, -0.05) is 0 Å². The highest BCUT2D eigenvalue weighted by Crippen LogP contribution is 2.62. The van der Waals surface area contributed by atoms with Crippen molar-refractivity contribution >= 4 is 5.91 Å². The molecule has 8 fully saturated rings. The van der Waals surface area contributed by atoms with E-state index in [0.29, 0.717) is 11.5 Å². The zero-order chi connectivity index (χ0) is 22.1. The Morgan fingerprint density at radius 3 is 1.53 bits per heavy atom. The minimum Gasteiger partial charge on any atom is -0.387 e. The lowest BCUT2D eigenvalue weighted by molar-refractivity contribution is -0.122. The number of nitriles is 1. The van der Waals surface area contributed by atoms with Crippen molar-refractivity contribution in [2.45, 2.75) is 103 Å². The van der Waals surface area contributed by atoms with Gasteiger partial charge in [0.05, 0.1) is 0 Å². The molecule has 8 rings (SSSR count). The molecule has 0 aliphatic heterocycles. The number of hydrogen-bond donors (Lipinski definition) is 2. The molecular weight excluding hydrogens is 394 g/mol. The van der Waals surface area contributed by atoms with Crippen LogP contribution in [-0.4, -0.2) is 18.0 Å². The summed E-state index contributed by atoms with van der Waals surface area (Å²) in [4.78, 5) is 13.1. The number of hydrogen-bond acceptors (Lipinski definition) is 3. The van der Waals surface area contributed by atoms with Crippen molar-refractivity contribution in [1.82, 2.24) is 10.6 Å². The maximum absolute atomic E-state index is 13.1. The fourth-order valence-electron chi connectivity index (χ4n) is 10.4. The van der Waals surface area contributed by atoms with Gasteiger partial charge >= 0.3 is 0 Å². The minimum atomic E-state index is -0.180. The van der Waals surface area contributed by atoms with Crippen LogP contribution in [-0.2, 0) is 4.79 Å². The molecule has 2 N–H and O–H groups in total. The van der Waals surface area contributed by atoms with Crippen molar-refractivity contribution in [3.63, 3.8) is 0 Å². The molecule has 32 heavy (non-hydrogen) atoms.